The Kier molecular flexibility index (Phi) is 4.89. The van der Waals surface area contributed by atoms with Gasteiger partial charge in [0.15, 0.2) is 0 Å². The molecule has 2 aliphatic rings. The first-order valence-corrected chi connectivity index (χ1v) is 13.1. The first kappa shape index (κ1) is 22.9. The predicted molar refractivity (Wildman–Crippen MR) is 144 cm³/mol. The SMILES string of the molecule is Cc1nn(C)c(-c2ccc3c(C(=O)NC4CC5(C4)CC(c4n[nH]c(=O)c6ccccc46)C5)cnn3c2)c1C. The average molecular weight is 508 g/mol. The summed E-state index contributed by atoms with van der Waals surface area (Å²) in [6.07, 6.45) is 7.62. The molecular weight excluding hydrogens is 478 g/mol. The van der Waals surface area contributed by atoms with Gasteiger partial charge in [0.2, 0.25) is 0 Å². The molecule has 4 aromatic heterocycles. The number of aromatic amines is 1. The van der Waals surface area contributed by atoms with Crippen LogP contribution in [-0.4, -0.2) is 41.5 Å². The van der Waals surface area contributed by atoms with E-state index in [1.807, 2.05) is 61.2 Å². The maximum atomic E-state index is 13.1. The Bertz CT molecular complexity index is 1800. The number of fused-ring (bicyclic) bond motifs is 2. The molecule has 9 heteroatoms. The summed E-state index contributed by atoms with van der Waals surface area (Å²) in [6, 6.07) is 11.8. The van der Waals surface area contributed by atoms with Crippen LogP contribution in [0.15, 0.2) is 53.6 Å². The fourth-order valence-electron chi connectivity index (χ4n) is 6.78. The van der Waals surface area contributed by atoms with Gasteiger partial charge in [0.05, 0.1) is 39.7 Å². The topological polar surface area (TPSA) is 110 Å². The zero-order valence-electron chi connectivity index (χ0n) is 21.7. The molecule has 1 aromatic carbocycles. The van der Waals surface area contributed by atoms with E-state index in [0.29, 0.717) is 16.9 Å². The molecule has 2 fully saturated rings. The fraction of sp³-hybridized carbons (Fsp3) is 0.345. The molecular formula is C29H29N7O2. The Morgan fingerprint density at radius 2 is 1.84 bits per heavy atom. The lowest BCUT2D eigenvalue weighted by molar-refractivity contribution is -0.0196. The van der Waals surface area contributed by atoms with Crippen molar-refractivity contribution in [1.29, 1.82) is 0 Å². The summed E-state index contributed by atoms with van der Waals surface area (Å²) in [7, 11) is 1.94. The highest BCUT2D eigenvalue weighted by Gasteiger charge is 2.54. The smallest absolute Gasteiger partial charge is 0.272 e. The van der Waals surface area contributed by atoms with Crippen LogP contribution in [0.3, 0.4) is 0 Å². The third-order valence-electron chi connectivity index (χ3n) is 8.72. The van der Waals surface area contributed by atoms with Gasteiger partial charge in [-0.2, -0.15) is 15.3 Å². The molecule has 0 atom stereocenters. The number of hydrogen-bond acceptors (Lipinski definition) is 5. The van der Waals surface area contributed by atoms with Gasteiger partial charge in [-0.25, -0.2) is 9.61 Å². The Hall–Kier alpha value is -4.27. The third kappa shape index (κ3) is 3.41. The molecule has 2 saturated carbocycles. The van der Waals surface area contributed by atoms with Crippen LogP contribution in [0.2, 0.25) is 0 Å². The Balaban J connectivity index is 1.02. The van der Waals surface area contributed by atoms with Gasteiger partial charge in [-0.15, -0.1) is 0 Å². The summed E-state index contributed by atoms with van der Waals surface area (Å²) in [4.78, 5) is 25.3. The molecule has 0 aliphatic heterocycles. The summed E-state index contributed by atoms with van der Waals surface area (Å²) in [5.74, 6) is 0.262. The molecule has 0 saturated heterocycles. The van der Waals surface area contributed by atoms with Crippen molar-refractivity contribution >= 4 is 22.2 Å². The van der Waals surface area contributed by atoms with E-state index in [-0.39, 0.29) is 22.9 Å². The second-order valence-corrected chi connectivity index (χ2v) is 11.2. The highest BCUT2D eigenvalue weighted by atomic mass is 16.1. The number of aromatic nitrogens is 6. The zero-order valence-corrected chi connectivity index (χ0v) is 21.7. The molecule has 1 amide bonds. The van der Waals surface area contributed by atoms with Gasteiger partial charge in [-0.3, -0.25) is 14.3 Å². The van der Waals surface area contributed by atoms with Gasteiger partial charge in [-0.05, 0) is 68.7 Å². The van der Waals surface area contributed by atoms with Crippen LogP contribution in [0.25, 0.3) is 27.5 Å². The van der Waals surface area contributed by atoms with E-state index in [0.717, 1.165) is 64.8 Å². The summed E-state index contributed by atoms with van der Waals surface area (Å²) in [6.45, 7) is 4.07. The maximum absolute atomic E-state index is 13.1. The normalized spacial score (nSPS) is 22.5. The number of carbonyl (C=O) groups excluding carboxylic acids is 1. The monoisotopic (exact) mass is 507 g/mol. The molecule has 2 N–H and O–H groups in total. The van der Waals surface area contributed by atoms with Crippen LogP contribution in [-0.2, 0) is 7.05 Å². The summed E-state index contributed by atoms with van der Waals surface area (Å²) < 4.78 is 3.66. The number of benzene rings is 1. The summed E-state index contributed by atoms with van der Waals surface area (Å²) in [5.41, 5.74) is 6.68. The number of aryl methyl sites for hydroxylation is 2. The Morgan fingerprint density at radius 1 is 1.08 bits per heavy atom. The lowest BCUT2D eigenvalue weighted by Gasteiger charge is -2.57. The third-order valence-corrected chi connectivity index (χ3v) is 8.72. The molecule has 5 aromatic rings. The van der Waals surface area contributed by atoms with E-state index in [2.05, 4.69) is 32.6 Å². The Labute approximate surface area is 218 Å². The van der Waals surface area contributed by atoms with Crippen LogP contribution in [0, 0.1) is 19.3 Å². The molecule has 1 spiro atoms. The maximum Gasteiger partial charge on any atom is 0.272 e. The molecule has 0 bridgehead atoms. The van der Waals surface area contributed by atoms with Crippen molar-refractivity contribution in [1.82, 2.24) is 34.9 Å². The van der Waals surface area contributed by atoms with Crippen molar-refractivity contribution in [2.75, 3.05) is 0 Å². The number of hydrogen-bond donors (Lipinski definition) is 2. The Morgan fingerprint density at radius 3 is 2.58 bits per heavy atom. The van der Waals surface area contributed by atoms with E-state index in [1.165, 1.54) is 0 Å². The van der Waals surface area contributed by atoms with Gasteiger partial charge >= 0.3 is 0 Å². The minimum Gasteiger partial charge on any atom is -0.349 e. The lowest BCUT2D eigenvalue weighted by Crippen LogP contribution is -2.55. The molecule has 9 nitrogen and oxygen atoms in total. The molecule has 4 heterocycles. The number of H-pyrrole nitrogens is 1. The van der Waals surface area contributed by atoms with Crippen molar-refractivity contribution < 1.29 is 4.79 Å². The molecule has 0 unspecified atom stereocenters. The van der Waals surface area contributed by atoms with Crippen LogP contribution in [0.5, 0.6) is 0 Å². The number of nitrogens with one attached hydrogen (secondary N) is 2. The zero-order chi connectivity index (χ0) is 26.2. The largest absolute Gasteiger partial charge is 0.349 e. The summed E-state index contributed by atoms with van der Waals surface area (Å²) >= 11 is 0. The van der Waals surface area contributed by atoms with Gasteiger partial charge < -0.3 is 5.32 Å². The molecule has 2 aliphatic carbocycles. The quantitative estimate of drug-likeness (QED) is 0.382. The molecule has 7 rings (SSSR count). The van der Waals surface area contributed by atoms with E-state index in [1.54, 1.807) is 10.7 Å². The van der Waals surface area contributed by atoms with Crippen LogP contribution < -0.4 is 10.9 Å². The number of pyridine rings is 1. The van der Waals surface area contributed by atoms with E-state index in [4.69, 9.17) is 0 Å². The second-order valence-electron chi connectivity index (χ2n) is 11.2. The van der Waals surface area contributed by atoms with Crippen molar-refractivity contribution in [3.8, 4) is 11.3 Å². The summed E-state index contributed by atoms with van der Waals surface area (Å²) in [5, 5.41) is 20.9. The molecule has 38 heavy (non-hydrogen) atoms. The van der Waals surface area contributed by atoms with Crippen molar-refractivity contribution in [2.45, 2.75) is 51.5 Å². The number of nitrogens with zero attached hydrogens (tertiary/aromatic N) is 5. The van der Waals surface area contributed by atoms with Crippen LogP contribution in [0.4, 0.5) is 0 Å². The van der Waals surface area contributed by atoms with Gasteiger partial charge in [0.1, 0.15) is 0 Å². The number of amides is 1. The van der Waals surface area contributed by atoms with E-state index in [9.17, 15) is 9.59 Å². The molecule has 192 valence electrons. The number of carbonyl (C=O) groups is 1. The van der Waals surface area contributed by atoms with Crippen molar-refractivity contribution in [3.63, 3.8) is 0 Å². The van der Waals surface area contributed by atoms with Gasteiger partial charge in [-0.1, -0.05) is 18.2 Å². The molecule has 0 radical (unpaired) electrons. The van der Waals surface area contributed by atoms with Crippen molar-refractivity contribution in [3.05, 3.63) is 81.7 Å². The second kappa shape index (κ2) is 8.11. The fourth-order valence-corrected chi connectivity index (χ4v) is 6.78. The minimum absolute atomic E-state index is 0.0793. The number of rotatable bonds is 4. The van der Waals surface area contributed by atoms with Gasteiger partial charge in [0.25, 0.3) is 11.5 Å². The highest BCUT2D eigenvalue weighted by molar-refractivity contribution is 6.01. The van der Waals surface area contributed by atoms with E-state index >= 15 is 0 Å². The lowest BCUT2D eigenvalue weighted by atomic mass is 9.49. The van der Waals surface area contributed by atoms with Crippen LogP contribution >= 0.6 is 0 Å². The first-order valence-electron chi connectivity index (χ1n) is 13.1. The average Bonchev–Trinajstić information content (AvgIpc) is 3.39. The highest BCUT2D eigenvalue weighted by Crippen LogP contribution is 2.62. The minimum atomic E-state index is -0.143. The van der Waals surface area contributed by atoms with Crippen molar-refractivity contribution in [2.24, 2.45) is 12.5 Å². The predicted octanol–water partition coefficient (Wildman–Crippen LogP) is 4.04. The standard InChI is InChI=1S/C29H29N7O2/c1-16-17(2)34-35(3)26(16)18-8-9-24-23(14-30-36(24)15-18)27(37)31-20-12-29(13-20)10-19(11-29)25-21-6-4-5-7-22(21)28(38)33-32-25/h4-9,14-15,19-20H,10-13H2,1-3H3,(H,31,37)(H,33,38). The first-order chi connectivity index (χ1) is 18.3. The van der Waals surface area contributed by atoms with Gasteiger partial charge in [0, 0.05) is 36.2 Å². The van der Waals surface area contributed by atoms with Crippen LogP contribution in [0.1, 0.15) is 58.9 Å². The van der Waals surface area contributed by atoms with E-state index < -0.39 is 0 Å².